The lowest BCUT2D eigenvalue weighted by molar-refractivity contribution is -0.133. The third kappa shape index (κ3) is 7.67. The minimum Gasteiger partial charge on any atom is -0.464 e. The van der Waals surface area contributed by atoms with Crippen molar-refractivity contribution in [1.29, 1.82) is 0 Å². The molecule has 1 aromatic heterocycles. The van der Waals surface area contributed by atoms with Gasteiger partial charge >= 0.3 is 6.03 Å². The summed E-state index contributed by atoms with van der Waals surface area (Å²) in [6.45, 7) is 5.23. The number of carbonyl (C=O) groups excluding carboxylic acids is 2. The van der Waals surface area contributed by atoms with Crippen molar-refractivity contribution in [2.45, 2.75) is 52.3 Å². The van der Waals surface area contributed by atoms with Crippen LogP contribution in [0.1, 0.15) is 42.4 Å². The Bertz CT molecular complexity index is 1190. The molecule has 37 heavy (non-hydrogen) atoms. The van der Waals surface area contributed by atoms with Crippen LogP contribution in [0.3, 0.4) is 0 Å². The van der Waals surface area contributed by atoms with E-state index in [1.165, 1.54) is 17.0 Å². The third-order valence-electron chi connectivity index (χ3n) is 6.43. The highest BCUT2D eigenvalue weighted by atomic mass is 19.1. The first kappa shape index (κ1) is 26.4. The molecule has 1 unspecified atom stereocenters. The molecule has 3 aromatic rings. The van der Waals surface area contributed by atoms with Crippen LogP contribution < -0.4 is 5.32 Å². The van der Waals surface area contributed by atoms with E-state index >= 15 is 0 Å². The molecule has 0 bridgehead atoms. The summed E-state index contributed by atoms with van der Waals surface area (Å²) in [6, 6.07) is 17.1. The van der Waals surface area contributed by atoms with Gasteiger partial charge < -0.3 is 24.3 Å². The highest BCUT2D eigenvalue weighted by Crippen LogP contribution is 2.18. The van der Waals surface area contributed by atoms with E-state index in [4.69, 9.17) is 9.15 Å². The zero-order chi connectivity index (χ0) is 26.2. The highest BCUT2D eigenvalue weighted by molar-refractivity contribution is 5.92. The molecule has 2 heterocycles. The standard InChI is InChI=1S/C29H34FN3O4/c1-3-22-6-4-7-25(16-22)31-29(35)33(18-26-8-5-15-36-26)20-28(34)32(19-27-14-9-21(2)37-27)17-23-10-12-24(30)13-11-23/h4,6-7,9-14,16,26H,3,5,8,15,17-20H2,1-2H3,(H,31,35). The zero-order valence-electron chi connectivity index (χ0n) is 21.4. The summed E-state index contributed by atoms with van der Waals surface area (Å²) in [7, 11) is 0. The van der Waals surface area contributed by atoms with E-state index in [1.54, 1.807) is 17.0 Å². The maximum absolute atomic E-state index is 13.6. The molecule has 0 spiro atoms. The molecular weight excluding hydrogens is 473 g/mol. The molecule has 1 saturated heterocycles. The molecule has 1 N–H and O–H groups in total. The van der Waals surface area contributed by atoms with E-state index in [-0.39, 0.29) is 43.5 Å². The molecule has 1 aliphatic heterocycles. The van der Waals surface area contributed by atoms with Crippen LogP contribution in [-0.4, -0.2) is 47.5 Å². The molecule has 0 saturated carbocycles. The number of hydrogen-bond acceptors (Lipinski definition) is 4. The van der Waals surface area contributed by atoms with Gasteiger partial charge in [-0.15, -0.1) is 0 Å². The summed E-state index contributed by atoms with van der Waals surface area (Å²) < 4.78 is 24.9. The van der Waals surface area contributed by atoms with Crippen molar-refractivity contribution in [2.24, 2.45) is 0 Å². The van der Waals surface area contributed by atoms with Crippen LogP contribution >= 0.6 is 0 Å². The Morgan fingerprint density at radius 3 is 2.51 bits per heavy atom. The summed E-state index contributed by atoms with van der Waals surface area (Å²) in [6.07, 6.45) is 2.51. The normalized spacial score (nSPS) is 14.9. The average Bonchev–Trinajstić information content (AvgIpc) is 3.56. The molecule has 3 amide bonds. The molecule has 8 heteroatoms. The van der Waals surface area contributed by atoms with Gasteiger partial charge in [-0.1, -0.05) is 31.2 Å². The van der Waals surface area contributed by atoms with E-state index in [2.05, 4.69) is 12.2 Å². The number of hydrogen-bond donors (Lipinski definition) is 1. The fraction of sp³-hybridized carbons (Fsp3) is 0.379. The van der Waals surface area contributed by atoms with E-state index in [0.29, 0.717) is 24.6 Å². The molecular formula is C29H34FN3O4. The van der Waals surface area contributed by atoms with Gasteiger partial charge in [0.15, 0.2) is 0 Å². The molecule has 1 atom stereocenters. The van der Waals surface area contributed by atoms with Crippen molar-refractivity contribution in [1.82, 2.24) is 9.80 Å². The van der Waals surface area contributed by atoms with Crippen LogP contribution in [-0.2, 0) is 29.0 Å². The second kappa shape index (κ2) is 12.5. The lowest BCUT2D eigenvalue weighted by Crippen LogP contribution is -2.46. The fourth-order valence-electron chi connectivity index (χ4n) is 4.39. The number of amides is 3. The largest absolute Gasteiger partial charge is 0.464 e. The van der Waals surface area contributed by atoms with Gasteiger partial charge in [0.2, 0.25) is 5.91 Å². The van der Waals surface area contributed by atoms with Crippen LogP contribution in [0.2, 0.25) is 0 Å². The Labute approximate surface area is 217 Å². The number of halogens is 1. The molecule has 196 valence electrons. The topological polar surface area (TPSA) is 75.0 Å². The van der Waals surface area contributed by atoms with Crippen molar-refractivity contribution >= 4 is 17.6 Å². The Morgan fingerprint density at radius 2 is 1.84 bits per heavy atom. The summed E-state index contributed by atoms with van der Waals surface area (Å²) in [5.41, 5.74) is 2.58. The fourth-order valence-corrected chi connectivity index (χ4v) is 4.39. The van der Waals surface area contributed by atoms with E-state index in [0.717, 1.165) is 36.1 Å². The van der Waals surface area contributed by atoms with Gasteiger partial charge in [0, 0.05) is 25.4 Å². The molecule has 1 fully saturated rings. The third-order valence-corrected chi connectivity index (χ3v) is 6.43. The Morgan fingerprint density at radius 1 is 1.03 bits per heavy atom. The molecule has 0 aliphatic carbocycles. The summed E-state index contributed by atoms with van der Waals surface area (Å²) in [5.74, 6) is 0.806. The Hall–Kier alpha value is -3.65. The van der Waals surface area contributed by atoms with Crippen molar-refractivity contribution in [3.05, 3.63) is 89.1 Å². The number of rotatable bonds is 10. The van der Waals surface area contributed by atoms with Crippen LogP contribution in [0, 0.1) is 12.7 Å². The predicted molar refractivity (Wildman–Crippen MR) is 139 cm³/mol. The van der Waals surface area contributed by atoms with E-state index in [9.17, 15) is 14.0 Å². The molecule has 7 nitrogen and oxygen atoms in total. The van der Waals surface area contributed by atoms with E-state index in [1.807, 2.05) is 43.3 Å². The van der Waals surface area contributed by atoms with Gasteiger partial charge in [-0.25, -0.2) is 9.18 Å². The number of nitrogens with one attached hydrogen (secondary N) is 1. The lowest BCUT2D eigenvalue weighted by Gasteiger charge is -2.29. The van der Waals surface area contributed by atoms with Crippen molar-refractivity contribution in [2.75, 3.05) is 25.0 Å². The Balaban J connectivity index is 1.52. The number of ether oxygens (including phenoxy) is 1. The average molecular weight is 508 g/mol. The van der Waals surface area contributed by atoms with Gasteiger partial charge in [0.05, 0.1) is 12.6 Å². The first-order valence-corrected chi connectivity index (χ1v) is 12.7. The number of benzene rings is 2. The monoisotopic (exact) mass is 507 g/mol. The summed E-state index contributed by atoms with van der Waals surface area (Å²) in [4.78, 5) is 30.1. The summed E-state index contributed by atoms with van der Waals surface area (Å²) >= 11 is 0. The lowest BCUT2D eigenvalue weighted by atomic mass is 10.1. The number of urea groups is 1. The SMILES string of the molecule is CCc1cccc(NC(=O)N(CC(=O)N(Cc2ccc(F)cc2)Cc2ccc(C)o2)CC2CCCO2)c1. The van der Waals surface area contributed by atoms with Gasteiger partial charge in [-0.3, -0.25) is 4.79 Å². The molecule has 1 aliphatic rings. The van der Waals surface area contributed by atoms with Crippen LogP contribution in [0.5, 0.6) is 0 Å². The van der Waals surface area contributed by atoms with Gasteiger partial charge in [-0.2, -0.15) is 0 Å². The minimum atomic E-state index is -0.354. The molecule has 4 rings (SSSR count). The molecule has 0 radical (unpaired) electrons. The van der Waals surface area contributed by atoms with Gasteiger partial charge in [0.25, 0.3) is 0 Å². The number of aryl methyl sites for hydroxylation is 2. The maximum atomic E-state index is 13.6. The summed E-state index contributed by atoms with van der Waals surface area (Å²) in [5, 5.41) is 2.94. The quantitative estimate of drug-likeness (QED) is 0.392. The predicted octanol–water partition coefficient (Wildman–Crippen LogP) is 5.53. The van der Waals surface area contributed by atoms with Crippen LogP contribution in [0.4, 0.5) is 14.9 Å². The number of carbonyl (C=O) groups is 2. The first-order chi connectivity index (χ1) is 17.9. The van der Waals surface area contributed by atoms with E-state index < -0.39 is 0 Å². The van der Waals surface area contributed by atoms with Crippen LogP contribution in [0.15, 0.2) is 65.1 Å². The second-order valence-electron chi connectivity index (χ2n) is 9.39. The first-order valence-electron chi connectivity index (χ1n) is 12.7. The van der Waals surface area contributed by atoms with Gasteiger partial charge in [0.1, 0.15) is 23.9 Å². The van der Waals surface area contributed by atoms with Crippen molar-refractivity contribution in [3.63, 3.8) is 0 Å². The number of anilines is 1. The van der Waals surface area contributed by atoms with Crippen molar-refractivity contribution in [3.8, 4) is 0 Å². The maximum Gasteiger partial charge on any atom is 0.322 e. The number of furan rings is 1. The van der Waals surface area contributed by atoms with Crippen LogP contribution in [0.25, 0.3) is 0 Å². The smallest absolute Gasteiger partial charge is 0.322 e. The van der Waals surface area contributed by atoms with Crippen molar-refractivity contribution < 1.29 is 23.1 Å². The number of nitrogens with zero attached hydrogens (tertiary/aromatic N) is 2. The Kier molecular flexibility index (Phi) is 8.95. The minimum absolute atomic E-state index is 0.112. The van der Waals surface area contributed by atoms with Gasteiger partial charge in [-0.05, 0) is 73.7 Å². The zero-order valence-corrected chi connectivity index (χ0v) is 21.4. The second-order valence-corrected chi connectivity index (χ2v) is 9.39. The highest BCUT2D eigenvalue weighted by Gasteiger charge is 2.27. The molecule has 2 aromatic carbocycles.